The van der Waals surface area contributed by atoms with Gasteiger partial charge < -0.3 is 10.1 Å². The van der Waals surface area contributed by atoms with E-state index in [0.29, 0.717) is 12.1 Å². The van der Waals surface area contributed by atoms with Gasteiger partial charge in [0.2, 0.25) is 0 Å². The van der Waals surface area contributed by atoms with Gasteiger partial charge in [-0.25, -0.2) is 0 Å². The molecule has 1 saturated heterocycles. The molecule has 2 unspecified atom stereocenters. The summed E-state index contributed by atoms with van der Waals surface area (Å²) in [6.45, 7) is 3.33. The third-order valence-electron chi connectivity index (χ3n) is 4.10. The molecule has 0 aliphatic carbocycles. The van der Waals surface area contributed by atoms with Crippen molar-refractivity contribution in [3.63, 3.8) is 0 Å². The summed E-state index contributed by atoms with van der Waals surface area (Å²) in [5.74, 6) is 1.08. The molecule has 1 N–H and O–H groups in total. The van der Waals surface area contributed by atoms with Crippen LogP contribution in [0.1, 0.15) is 18.4 Å². The van der Waals surface area contributed by atoms with Crippen LogP contribution in [0, 0.1) is 0 Å². The quantitative estimate of drug-likeness (QED) is 0.878. The summed E-state index contributed by atoms with van der Waals surface area (Å²) in [4.78, 5) is 2.46. The second kappa shape index (κ2) is 5.29. The summed E-state index contributed by atoms with van der Waals surface area (Å²) in [5.41, 5.74) is 1.36. The Balaban J connectivity index is 1.55. The molecule has 1 aromatic rings. The van der Waals surface area contributed by atoms with E-state index < -0.39 is 0 Å². The highest BCUT2D eigenvalue weighted by Crippen LogP contribution is 2.28. The average molecular weight is 246 g/mol. The van der Waals surface area contributed by atoms with E-state index in [-0.39, 0.29) is 0 Å². The minimum Gasteiger partial charge on any atom is -0.488 e. The molecule has 3 rings (SSSR count). The van der Waals surface area contributed by atoms with Gasteiger partial charge in [0.25, 0.3) is 0 Å². The van der Waals surface area contributed by atoms with E-state index in [0.717, 1.165) is 25.3 Å². The predicted octanol–water partition coefficient (Wildman–Crippen LogP) is 1.67. The molecule has 1 fully saturated rings. The molecular formula is C15H22N2O. The smallest absolute Gasteiger partial charge is 0.123 e. The first-order valence-electron chi connectivity index (χ1n) is 6.98. The minimum absolute atomic E-state index is 0.328. The lowest BCUT2D eigenvalue weighted by atomic mass is 10.1. The lowest BCUT2D eigenvalue weighted by molar-refractivity contribution is 0.125. The van der Waals surface area contributed by atoms with Gasteiger partial charge >= 0.3 is 0 Å². The fourth-order valence-electron chi connectivity index (χ4n) is 3.04. The predicted molar refractivity (Wildman–Crippen MR) is 73.1 cm³/mol. The molecule has 0 amide bonds. The Hall–Kier alpha value is -1.06. The van der Waals surface area contributed by atoms with Gasteiger partial charge in [-0.15, -0.1) is 0 Å². The third-order valence-corrected chi connectivity index (χ3v) is 4.10. The molecule has 3 nitrogen and oxygen atoms in total. The third kappa shape index (κ3) is 2.52. The molecule has 2 heterocycles. The molecule has 98 valence electrons. The zero-order valence-electron chi connectivity index (χ0n) is 11.1. The number of ether oxygens (including phenoxy) is 1. The van der Waals surface area contributed by atoms with Gasteiger partial charge in [-0.1, -0.05) is 18.2 Å². The molecule has 2 aliphatic rings. The van der Waals surface area contributed by atoms with Crippen molar-refractivity contribution >= 4 is 0 Å². The molecule has 0 spiro atoms. The van der Waals surface area contributed by atoms with Crippen LogP contribution >= 0.6 is 0 Å². The zero-order valence-corrected chi connectivity index (χ0v) is 11.1. The van der Waals surface area contributed by atoms with Crippen LogP contribution in [-0.4, -0.2) is 43.7 Å². The lowest BCUT2D eigenvalue weighted by Gasteiger charge is -2.33. The fourth-order valence-corrected chi connectivity index (χ4v) is 3.04. The lowest BCUT2D eigenvalue weighted by Crippen LogP contribution is -2.47. The number of benzene rings is 1. The highest BCUT2D eigenvalue weighted by molar-refractivity contribution is 5.37. The van der Waals surface area contributed by atoms with Crippen molar-refractivity contribution in [2.45, 2.75) is 31.4 Å². The topological polar surface area (TPSA) is 24.5 Å². The average Bonchev–Trinajstić information content (AvgIpc) is 2.82. The molecule has 1 aromatic carbocycles. The van der Waals surface area contributed by atoms with E-state index in [9.17, 15) is 0 Å². The van der Waals surface area contributed by atoms with E-state index in [1.165, 1.54) is 24.9 Å². The Morgan fingerprint density at radius 1 is 1.39 bits per heavy atom. The summed E-state index contributed by atoms with van der Waals surface area (Å²) in [6.07, 6.45) is 3.99. The maximum Gasteiger partial charge on any atom is 0.123 e. The fraction of sp³-hybridized carbons (Fsp3) is 0.600. The van der Waals surface area contributed by atoms with Crippen molar-refractivity contribution in [3.05, 3.63) is 29.8 Å². The van der Waals surface area contributed by atoms with Crippen LogP contribution in [0.4, 0.5) is 0 Å². The van der Waals surface area contributed by atoms with Gasteiger partial charge in [0.15, 0.2) is 0 Å². The van der Waals surface area contributed by atoms with Gasteiger partial charge in [-0.2, -0.15) is 0 Å². The van der Waals surface area contributed by atoms with Crippen molar-refractivity contribution in [2.24, 2.45) is 0 Å². The van der Waals surface area contributed by atoms with Crippen LogP contribution in [0.5, 0.6) is 5.75 Å². The summed E-state index contributed by atoms with van der Waals surface area (Å²) < 4.78 is 6.01. The van der Waals surface area contributed by atoms with Gasteiger partial charge in [0, 0.05) is 25.6 Å². The van der Waals surface area contributed by atoms with E-state index in [4.69, 9.17) is 4.74 Å². The Kier molecular flexibility index (Phi) is 3.52. The first-order chi connectivity index (χ1) is 8.83. The molecule has 0 bridgehead atoms. The van der Waals surface area contributed by atoms with Crippen LogP contribution in [0.15, 0.2) is 24.3 Å². The molecule has 0 aromatic heterocycles. The molecule has 2 atom stereocenters. The van der Waals surface area contributed by atoms with Gasteiger partial charge in [0.05, 0.1) is 0 Å². The van der Waals surface area contributed by atoms with Crippen LogP contribution in [-0.2, 0) is 6.42 Å². The highest BCUT2D eigenvalue weighted by atomic mass is 16.5. The highest BCUT2D eigenvalue weighted by Gasteiger charge is 2.26. The largest absolute Gasteiger partial charge is 0.488 e. The van der Waals surface area contributed by atoms with Crippen LogP contribution in [0.2, 0.25) is 0 Å². The van der Waals surface area contributed by atoms with Crippen molar-refractivity contribution in [1.82, 2.24) is 10.2 Å². The van der Waals surface area contributed by atoms with Crippen molar-refractivity contribution in [2.75, 3.05) is 26.7 Å². The Morgan fingerprint density at radius 3 is 3.06 bits per heavy atom. The molecular weight excluding hydrogens is 224 g/mol. The van der Waals surface area contributed by atoms with Gasteiger partial charge in [-0.05, 0) is 38.1 Å². The molecule has 2 aliphatic heterocycles. The van der Waals surface area contributed by atoms with Crippen molar-refractivity contribution in [3.8, 4) is 5.75 Å². The SMILES string of the molecule is CN(CC1Cc2ccccc2O1)C1CCCNC1. The number of nitrogens with zero attached hydrogens (tertiary/aromatic N) is 1. The number of nitrogens with one attached hydrogen (secondary N) is 1. The second-order valence-electron chi connectivity index (χ2n) is 5.49. The summed E-state index contributed by atoms with van der Waals surface area (Å²) >= 11 is 0. The van der Waals surface area contributed by atoms with Crippen LogP contribution in [0.25, 0.3) is 0 Å². The second-order valence-corrected chi connectivity index (χ2v) is 5.49. The number of hydrogen-bond donors (Lipinski definition) is 1. The monoisotopic (exact) mass is 246 g/mol. The molecule has 0 saturated carbocycles. The standard InChI is InChI=1S/C15H22N2O/c1-17(13-6-4-8-16-10-13)11-14-9-12-5-2-3-7-15(12)18-14/h2-3,5,7,13-14,16H,4,6,8-11H2,1H3. The number of likely N-dealkylation sites (N-methyl/N-ethyl adjacent to an activating group) is 1. The first-order valence-corrected chi connectivity index (χ1v) is 6.98. The molecule has 3 heteroatoms. The number of hydrogen-bond acceptors (Lipinski definition) is 3. The maximum atomic E-state index is 6.01. The van der Waals surface area contributed by atoms with Crippen LogP contribution < -0.4 is 10.1 Å². The van der Waals surface area contributed by atoms with Gasteiger partial charge in [0.1, 0.15) is 11.9 Å². The van der Waals surface area contributed by atoms with Crippen molar-refractivity contribution < 1.29 is 4.74 Å². The summed E-state index contributed by atoms with van der Waals surface area (Å²) in [6, 6.07) is 9.08. The minimum atomic E-state index is 0.328. The van der Waals surface area contributed by atoms with Crippen molar-refractivity contribution in [1.29, 1.82) is 0 Å². The van der Waals surface area contributed by atoms with E-state index >= 15 is 0 Å². The Labute approximate surface area is 109 Å². The summed E-state index contributed by atoms with van der Waals surface area (Å²) in [7, 11) is 2.23. The normalized spacial score (nSPS) is 27.0. The molecule has 0 radical (unpaired) electrons. The van der Waals surface area contributed by atoms with E-state index in [1.807, 2.05) is 0 Å². The first kappa shape index (κ1) is 12.0. The number of rotatable bonds is 3. The maximum absolute atomic E-state index is 6.01. The Morgan fingerprint density at radius 2 is 2.28 bits per heavy atom. The summed E-state index contributed by atoms with van der Waals surface area (Å²) in [5, 5.41) is 3.48. The number of fused-ring (bicyclic) bond motifs is 1. The Bertz CT molecular complexity index is 376. The van der Waals surface area contributed by atoms with Gasteiger partial charge in [-0.3, -0.25) is 4.90 Å². The van der Waals surface area contributed by atoms with E-state index in [2.05, 4.69) is 41.5 Å². The number of para-hydroxylation sites is 1. The zero-order chi connectivity index (χ0) is 12.4. The molecule has 18 heavy (non-hydrogen) atoms. The van der Waals surface area contributed by atoms with Crippen LogP contribution in [0.3, 0.4) is 0 Å². The number of piperidine rings is 1. The van der Waals surface area contributed by atoms with E-state index in [1.54, 1.807) is 0 Å².